The van der Waals surface area contributed by atoms with Crippen LogP contribution in [0.4, 0.5) is 5.69 Å². The Bertz CT molecular complexity index is 848. The van der Waals surface area contributed by atoms with Crippen molar-refractivity contribution < 1.29 is 13.2 Å². The second-order valence-corrected chi connectivity index (χ2v) is 7.93. The number of rotatable bonds is 5. The first-order valence-corrected chi connectivity index (χ1v) is 9.41. The van der Waals surface area contributed by atoms with E-state index in [9.17, 15) is 13.2 Å². The monoisotopic (exact) mass is 394 g/mol. The molecule has 1 aliphatic carbocycles. The first kappa shape index (κ1) is 16.2. The molecule has 1 aliphatic rings. The van der Waals surface area contributed by atoms with Crippen LogP contribution in [-0.4, -0.2) is 20.4 Å². The van der Waals surface area contributed by atoms with Crippen LogP contribution in [-0.2, 0) is 10.0 Å². The van der Waals surface area contributed by atoms with Gasteiger partial charge in [0.1, 0.15) is 0 Å². The zero-order chi connectivity index (χ0) is 16.4. The fraction of sp³-hybridized carbons (Fsp3) is 0.188. The quantitative estimate of drug-likeness (QED) is 0.817. The average molecular weight is 395 g/mol. The lowest BCUT2D eigenvalue weighted by atomic mass is 10.2. The molecule has 0 spiro atoms. The van der Waals surface area contributed by atoms with Crippen molar-refractivity contribution in [3.05, 3.63) is 58.6 Å². The third-order valence-corrected chi connectivity index (χ3v) is 5.63. The molecule has 0 atom stereocenters. The van der Waals surface area contributed by atoms with E-state index >= 15 is 0 Å². The van der Waals surface area contributed by atoms with Crippen LogP contribution in [0.2, 0.25) is 0 Å². The summed E-state index contributed by atoms with van der Waals surface area (Å²) in [6.45, 7) is 0. The van der Waals surface area contributed by atoms with E-state index in [0.717, 1.165) is 12.8 Å². The fourth-order valence-corrected chi connectivity index (χ4v) is 3.89. The summed E-state index contributed by atoms with van der Waals surface area (Å²) in [5.74, 6) is -0.304. The molecule has 3 rings (SSSR count). The van der Waals surface area contributed by atoms with Crippen molar-refractivity contribution >= 4 is 37.5 Å². The number of anilines is 1. The Balaban J connectivity index is 1.80. The maximum Gasteiger partial charge on any atom is 0.256 e. The maximum absolute atomic E-state index is 12.3. The van der Waals surface area contributed by atoms with Gasteiger partial charge in [0.25, 0.3) is 5.91 Å². The van der Waals surface area contributed by atoms with Crippen LogP contribution in [0.3, 0.4) is 0 Å². The summed E-state index contributed by atoms with van der Waals surface area (Å²) < 4.78 is 27.7. The van der Waals surface area contributed by atoms with Gasteiger partial charge in [-0.2, -0.15) is 0 Å². The van der Waals surface area contributed by atoms with E-state index in [4.69, 9.17) is 0 Å². The summed E-state index contributed by atoms with van der Waals surface area (Å²) in [5.41, 5.74) is 0.918. The highest BCUT2D eigenvalue weighted by atomic mass is 79.9. The van der Waals surface area contributed by atoms with Gasteiger partial charge in [0, 0.05) is 16.2 Å². The van der Waals surface area contributed by atoms with Crippen LogP contribution >= 0.6 is 15.9 Å². The van der Waals surface area contributed by atoms with Crippen molar-refractivity contribution in [2.45, 2.75) is 23.8 Å². The van der Waals surface area contributed by atoms with Gasteiger partial charge in [0.2, 0.25) is 10.0 Å². The highest BCUT2D eigenvalue weighted by Crippen LogP contribution is 2.24. The van der Waals surface area contributed by atoms with E-state index in [1.54, 1.807) is 30.3 Å². The normalized spacial score (nSPS) is 14.5. The molecule has 7 heteroatoms. The summed E-state index contributed by atoms with van der Waals surface area (Å²) in [6, 6.07) is 13.3. The molecule has 5 nitrogen and oxygen atoms in total. The summed E-state index contributed by atoms with van der Waals surface area (Å²) in [7, 11) is -3.54. The molecule has 0 radical (unpaired) electrons. The van der Waals surface area contributed by atoms with Crippen LogP contribution in [0.25, 0.3) is 0 Å². The van der Waals surface area contributed by atoms with Gasteiger partial charge in [-0.3, -0.25) is 4.79 Å². The molecule has 0 bridgehead atoms. The molecular formula is C16H15BrN2O3S. The Labute approximate surface area is 143 Å². The van der Waals surface area contributed by atoms with Gasteiger partial charge in [0.05, 0.1) is 10.5 Å². The van der Waals surface area contributed by atoms with E-state index in [-0.39, 0.29) is 16.8 Å². The lowest BCUT2D eigenvalue weighted by Gasteiger charge is -2.09. The van der Waals surface area contributed by atoms with Crippen LogP contribution in [0.5, 0.6) is 0 Å². The minimum Gasteiger partial charge on any atom is -0.322 e. The number of halogens is 1. The molecule has 0 heterocycles. The Morgan fingerprint density at radius 3 is 2.52 bits per heavy atom. The third-order valence-electron chi connectivity index (χ3n) is 3.42. The second kappa shape index (κ2) is 6.43. The van der Waals surface area contributed by atoms with Gasteiger partial charge in [-0.15, -0.1) is 0 Å². The standard InChI is InChI=1S/C16H15BrN2O3S/c17-15-7-2-1-6-14(15)16(20)18-12-4-3-5-13(10-12)23(21,22)19-11-8-9-11/h1-7,10-11,19H,8-9H2,(H,18,20). The zero-order valence-electron chi connectivity index (χ0n) is 12.1. The van der Waals surface area contributed by atoms with E-state index in [2.05, 4.69) is 26.0 Å². The maximum atomic E-state index is 12.3. The molecule has 1 saturated carbocycles. The van der Waals surface area contributed by atoms with E-state index in [0.29, 0.717) is 15.7 Å². The molecule has 2 aromatic rings. The Hall–Kier alpha value is -1.70. The molecule has 0 aromatic heterocycles. The van der Waals surface area contributed by atoms with E-state index < -0.39 is 10.0 Å². The van der Waals surface area contributed by atoms with Gasteiger partial charge in [-0.25, -0.2) is 13.1 Å². The van der Waals surface area contributed by atoms with Gasteiger partial charge in [0.15, 0.2) is 0 Å². The lowest BCUT2D eigenvalue weighted by molar-refractivity contribution is 0.102. The number of nitrogens with one attached hydrogen (secondary N) is 2. The predicted octanol–water partition coefficient (Wildman–Crippen LogP) is 3.14. The summed E-state index contributed by atoms with van der Waals surface area (Å²) in [4.78, 5) is 12.4. The van der Waals surface area contributed by atoms with Crippen molar-refractivity contribution in [1.82, 2.24) is 4.72 Å². The minimum atomic E-state index is -3.54. The average Bonchev–Trinajstić information content (AvgIpc) is 3.31. The number of amides is 1. The van der Waals surface area contributed by atoms with Crippen LogP contribution < -0.4 is 10.0 Å². The number of hydrogen-bond acceptors (Lipinski definition) is 3. The lowest BCUT2D eigenvalue weighted by Crippen LogP contribution is -2.25. The molecule has 2 aromatic carbocycles. The molecule has 0 unspecified atom stereocenters. The molecule has 120 valence electrons. The van der Waals surface area contributed by atoms with E-state index in [1.165, 1.54) is 12.1 Å². The first-order valence-electron chi connectivity index (χ1n) is 7.14. The summed E-state index contributed by atoms with van der Waals surface area (Å²) >= 11 is 3.32. The van der Waals surface area contributed by atoms with E-state index in [1.807, 2.05) is 6.07 Å². The zero-order valence-corrected chi connectivity index (χ0v) is 14.5. The van der Waals surface area contributed by atoms with Gasteiger partial charge in [-0.1, -0.05) is 18.2 Å². The molecule has 0 saturated heterocycles. The molecule has 0 aliphatic heterocycles. The van der Waals surface area contributed by atoms with Crippen molar-refractivity contribution in [3.63, 3.8) is 0 Å². The first-order chi connectivity index (χ1) is 11.0. The second-order valence-electron chi connectivity index (χ2n) is 5.36. The van der Waals surface area contributed by atoms with Crippen LogP contribution in [0.1, 0.15) is 23.2 Å². The number of benzene rings is 2. The van der Waals surface area contributed by atoms with Crippen LogP contribution in [0, 0.1) is 0 Å². The van der Waals surface area contributed by atoms with Gasteiger partial charge < -0.3 is 5.32 Å². The molecular weight excluding hydrogens is 380 g/mol. The van der Waals surface area contributed by atoms with Crippen molar-refractivity contribution in [1.29, 1.82) is 0 Å². The van der Waals surface area contributed by atoms with Crippen molar-refractivity contribution in [3.8, 4) is 0 Å². The van der Waals surface area contributed by atoms with Gasteiger partial charge >= 0.3 is 0 Å². The molecule has 1 amide bonds. The summed E-state index contributed by atoms with van der Waals surface area (Å²) in [5, 5.41) is 2.72. The third kappa shape index (κ3) is 3.99. The molecule has 1 fully saturated rings. The van der Waals surface area contributed by atoms with Crippen LogP contribution in [0.15, 0.2) is 57.9 Å². The highest BCUT2D eigenvalue weighted by Gasteiger charge is 2.28. The highest BCUT2D eigenvalue weighted by molar-refractivity contribution is 9.10. The number of sulfonamides is 1. The Morgan fingerprint density at radius 2 is 1.83 bits per heavy atom. The SMILES string of the molecule is O=C(Nc1cccc(S(=O)(=O)NC2CC2)c1)c1ccccc1Br. The Kier molecular flexibility index (Phi) is 4.52. The molecule has 23 heavy (non-hydrogen) atoms. The largest absolute Gasteiger partial charge is 0.322 e. The topological polar surface area (TPSA) is 75.3 Å². The summed E-state index contributed by atoms with van der Waals surface area (Å²) in [6.07, 6.45) is 1.75. The fourth-order valence-electron chi connectivity index (χ4n) is 2.07. The smallest absolute Gasteiger partial charge is 0.256 e. The van der Waals surface area contributed by atoms with Crippen molar-refractivity contribution in [2.75, 3.05) is 5.32 Å². The van der Waals surface area contributed by atoms with Gasteiger partial charge in [-0.05, 0) is 59.1 Å². The molecule has 2 N–H and O–H groups in total. The number of hydrogen-bond donors (Lipinski definition) is 2. The predicted molar refractivity (Wildman–Crippen MR) is 91.9 cm³/mol. The Morgan fingerprint density at radius 1 is 1.09 bits per heavy atom. The minimum absolute atomic E-state index is 0.0403. The van der Waals surface area contributed by atoms with Crippen molar-refractivity contribution in [2.24, 2.45) is 0 Å². The number of carbonyl (C=O) groups excluding carboxylic acids is 1. The number of carbonyl (C=O) groups is 1.